The molecule has 0 unspecified atom stereocenters. The van der Waals surface area contributed by atoms with Crippen molar-refractivity contribution in [3.8, 4) is 9.85 Å². The van der Waals surface area contributed by atoms with Crippen LogP contribution in [0.5, 0.6) is 0 Å². The maximum absolute atomic E-state index is 9.08. The fourth-order valence-corrected chi connectivity index (χ4v) is 2.28. The predicted octanol–water partition coefficient (Wildman–Crippen LogP) is -1.13. The van der Waals surface area contributed by atoms with Gasteiger partial charge in [0, 0.05) is 12.7 Å². The van der Waals surface area contributed by atoms with Crippen LogP contribution in [-0.2, 0) is 10.1 Å². The second kappa shape index (κ2) is 9.45. The van der Waals surface area contributed by atoms with E-state index < -0.39 is 10.1 Å². The van der Waals surface area contributed by atoms with Crippen molar-refractivity contribution in [1.29, 1.82) is 0 Å². The zero-order valence-electron chi connectivity index (χ0n) is 9.81. The van der Waals surface area contributed by atoms with Crippen LogP contribution in [0.4, 0.5) is 0 Å². The molecule has 3 nitrogen and oxygen atoms in total. The average Bonchev–Trinajstić information content (AvgIpc) is 2.24. The first-order valence-electron chi connectivity index (χ1n) is 5.01. The average molecular weight is 366 g/mol. The number of halogens is 1. The minimum absolute atomic E-state index is 0.0469. The van der Waals surface area contributed by atoms with Gasteiger partial charge in [-0.15, -0.1) is 0 Å². The molecule has 0 fully saturated rings. The van der Waals surface area contributed by atoms with Gasteiger partial charge in [-0.2, -0.15) is 0 Å². The van der Waals surface area contributed by atoms with Crippen LogP contribution in [0.25, 0.3) is 0 Å². The minimum atomic E-state index is -3.92. The summed E-state index contributed by atoms with van der Waals surface area (Å²) in [7, 11) is -3.92. The van der Waals surface area contributed by atoms with E-state index in [0.29, 0.717) is 6.26 Å². The smallest absolute Gasteiger partial charge is 0.419 e. The summed E-state index contributed by atoms with van der Waals surface area (Å²) < 4.78 is 31.9. The van der Waals surface area contributed by atoms with Crippen LogP contribution in [0.1, 0.15) is 19.8 Å². The summed E-state index contributed by atoms with van der Waals surface area (Å²) in [4.78, 5) is 0. The summed E-state index contributed by atoms with van der Waals surface area (Å²) in [5.41, 5.74) is 0. The first-order chi connectivity index (χ1) is 7.93. The lowest BCUT2D eigenvalue weighted by Gasteiger charge is -1.90. The third-order valence-corrected chi connectivity index (χ3v) is 3.32. The zero-order valence-corrected chi connectivity index (χ0v) is 12.8. The first kappa shape index (κ1) is 16.4. The highest BCUT2D eigenvalue weighted by molar-refractivity contribution is 7.84. The highest BCUT2D eigenvalue weighted by Gasteiger charge is 2.05. The summed E-state index contributed by atoms with van der Waals surface area (Å²) in [6.45, 7) is 2.16. The van der Waals surface area contributed by atoms with E-state index in [1.165, 1.54) is 9.99 Å². The molecule has 0 radical (unpaired) electrons. The molecule has 0 aromatic heterocycles. The van der Waals surface area contributed by atoms with Crippen LogP contribution in [0.3, 0.4) is 0 Å². The Morgan fingerprint density at radius 1 is 1.29 bits per heavy atom. The lowest BCUT2D eigenvalue weighted by Crippen LogP contribution is -3.59. The molecule has 0 aliphatic rings. The molecule has 5 heteroatoms. The third-order valence-electron chi connectivity index (χ3n) is 1.33. The predicted molar refractivity (Wildman–Crippen MR) is 63.4 cm³/mol. The Bertz CT molecular complexity index is 450. The SMILES string of the molecule is CCCC#C[I+]c1ccccc1.CS(=O)(=O)[O-]. The molecule has 1 aromatic rings. The van der Waals surface area contributed by atoms with Crippen molar-refractivity contribution in [2.45, 2.75) is 19.8 Å². The Morgan fingerprint density at radius 2 is 1.82 bits per heavy atom. The molecule has 0 saturated heterocycles. The van der Waals surface area contributed by atoms with Gasteiger partial charge < -0.3 is 4.55 Å². The Labute approximate surface area is 114 Å². The van der Waals surface area contributed by atoms with Gasteiger partial charge in [-0.25, -0.2) is 8.42 Å². The summed E-state index contributed by atoms with van der Waals surface area (Å²) in [6.07, 6.45) is 2.82. The van der Waals surface area contributed by atoms with Crippen molar-refractivity contribution in [2.75, 3.05) is 6.26 Å². The van der Waals surface area contributed by atoms with Gasteiger partial charge in [0.2, 0.25) is 3.57 Å². The van der Waals surface area contributed by atoms with Gasteiger partial charge in [0.15, 0.2) is 3.93 Å². The van der Waals surface area contributed by atoms with Gasteiger partial charge in [-0.1, -0.05) is 25.1 Å². The monoisotopic (exact) mass is 366 g/mol. The van der Waals surface area contributed by atoms with Crippen LogP contribution in [-0.4, -0.2) is 19.2 Å². The number of hydrogen-bond donors (Lipinski definition) is 0. The van der Waals surface area contributed by atoms with Gasteiger partial charge in [0.1, 0.15) is 0 Å². The highest BCUT2D eigenvalue weighted by Crippen LogP contribution is 1.82. The number of rotatable bonds is 2. The quantitative estimate of drug-likeness (QED) is 0.378. The third kappa shape index (κ3) is 15.4. The molecule has 0 spiro atoms. The molecule has 1 rings (SSSR count). The second-order valence-electron chi connectivity index (χ2n) is 3.12. The van der Waals surface area contributed by atoms with Crippen molar-refractivity contribution in [3.05, 3.63) is 33.9 Å². The molecule has 0 atom stereocenters. The molecule has 94 valence electrons. The Hall–Kier alpha value is -0.580. The fraction of sp³-hybridized carbons (Fsp3) is 0.333. The molecule has 0 bridgehead atoms. The highest BCUT2D eigenvalue weighted by atomic mass is 127. The molecule has 0 amide bonds. The van der Waals surface area contributed by atoms with E-state index in [4.69, 9.17) is 13.0 Å². The van der Waals surface area contributed by atoms with E-state index in [1.54, 1.807) is 0 Å². The number of unbranched alkanes of at least 4 members (excludes halogenated alkanes) is 1. The molecular formula is C12H15IO3S. The molecule has 1 aromatic carbocycles. The molecule has 0 aliphatic heterocycles. The van der Waals surface area contributed by atoms with E-state index in [2.05, 4.69) is 41.0 Å². The number of benzene rings is 1. The molecule has 0 N–H and O–H groups in total. The van der Waals surface area contributed by atoms with Gasteiger partial charge in [0.25, 0.3) is 0 Å². The molecular weight excluding hydrogens is 351 g/mol. The maximum Gasteiger partial charge on any atom is 0.419 e. The van der Waals surface area contributed by atoms with Gasteiger partial charge >= 0.3 is 21.2 Å². The van der Waals surface area contributed by atoms with Crippen molar-refractivity contribution in [1.82, 2.24) is 0 Å². The summed E-state index contributed by atoms with van der Waals surface area (Å²) in [5.74, 6) is 3.18. The van der Waals surface area contributed by atoms with E-state index >= 15 is 0 Å². The van der Waals surface area contributed by atoms with Gasteiger partial charge in [-0.05, 0) is 24.5 Å². The van der Waals surface area contributed by atoms with Crippen molar-refractivity contribution in [3.63, 3.8) is 0 Å². The molecule has 0 aliphatic carbocycles. The van der Waals surface area contributed by atoms with Crippen molar-refractivity contribution in [2.24, 2.45) is 0 Å². The normalized spacial score (nSPS) is 9.59. The Kier molecular flexibility index (Phi) is 9.13. The largest absolute Gasteiger partial charge is 0.748 e. The first-order valence-corrected chi connectivity index (χ1v) is 8.98. The van der Waals surface area contributed by atoms with Gasteiger partial charge in [-0.3, -0.25) is 0 Å². The van der Waals surface area contributed by atoms with Crippen LogP contribution in [0.2, 0.25) is 0 Å². The van der Waals surface area contributed by atoms with E-state index in [0.717, 1.165) is 6.42 Å². The summed E-state index contributed by atoms with van der Waals surface area (Å²) in [5, 5.41) is 0. The van der Waals surface area contributed by atoms with Crippen LogP contribution >= 0.6 is 0 Å². The van der Waals surface area contributed by atoms with Crippen LogP contribution < -0.4 is 21.2 Å². The lowest BCUT2D eigenvalue weighted by atomic mass is 10.4. The topological polar surface area (TPSA) is 57.2 Å². The molecule has 0 saturated carbocycles. The second-order valence-corrected chi connectivity index (χ2v) is 6.85. The van der Waals surface area contributed by atoms with E-state index in [1.807, 2.05) is 6.07 Å². The van der Waals surface area contributed by atoms with Crippen LogP contribution in [0, 0.1) is 13.4 Å². The minimum Gasteiger partial charge on any atom is -0.748 e. The van der Waals surface area contributed by atoms with Crippen LogP contribution in [0.15, 0.2) is 30.3 Å². The standard InChI is InChI=1S/C11H12I.CH4O3S/c1-2-3-7-10-12-11-8-5-4-6-9-11;1-5(2,3)4/h4-6,8-9H,2-3H2,1H3;1H3,(H,2,3,4)/q+1;/p-1. The maximum atomic E-state index is 9.08. The Balaban J connectivity index is 0.000000437. The fourth-order valence-electron chi connectivity index (χ4n) is 0.738. The Morgan fingerprint density at radius 3 is 2.29 bits per heavy atom. The van der Waals surface area contributed by atoms with E-state index in [9.17, 15) is 0 Å². The summed E-state index contributed by atoms with van der Waals surface area (Å²) >= 11 is -0.0469. The number of hydrogen-bond acceptors (Lipinski definition) is 3. The lowest BCUT2D eigenvalue weighted by molar-refractivity contribution is -0.535. The van der Waals surface area contributed by atoms with Crippen molar-refractivity contribution < 1.29 is 34.2 Å². The van der Waals surface area contributed by atoms with Gasteiger partial charge in [0.05, 0.1) is 10.1 Å². The summed E-state index contributed by atoms with van der Waals surface area (Å²) in [6, 6.07) is 10.5. The zero-order chi connectivity index (χ0) is 13.1. The van der Waals surface area contributed by atoms with E-state index in [-0.39, 0.29) is 21.2 Å². The molecule has 0 heterocycles. The van der Waals surface area contributed by atoms with Crippen molar-refractivity contribution >= 4 is 10.1 Å². The molecule has 17 heavy (non-hydrogen) atoms.